The predicted molar refractivity (Wildman–Crippen MR) is 134 cm³/mol. The van der Waals surface area contributed by atoms with Crippen LogP contribution in [0.5, 0.6) is 0 Å². The molecule has 1 aliphatic carbocycles. The summed E-state index contributed by atoms with van der Waals surface area (Å²) < 4.78 is 15.6. The number of piperazine rings is 1. The number of anilines is 2. The fourth-order valence-electron chi connectivity index (χ4n) is 5.58. The Morgan fingerprint density at radius 1 is 1.00 bits per heavy atom. The van der Waals surface area contributed by atoms with Crippen LogP contribution in [0, 0.1) is 11.7 Å². The van der Waals surface area contributed by atoms with Crippen LogP contribution in [0.15, 0.2) is 29.1 Å². The molecular weight excluding hydrogens is 467 g/mol. The van der Waals surface area contributed by atoms with Crippen molar-refractivity contribution < 1.29 is 9.18 Å². The highest BCUT2D eigenvalue weighted by atomic mass is 32.1. The quantitative estimate of drug-likeness (QED) is 0.555. The third kappa shape index (κ3) is 4.17. The number of piperidine rings is 1. The summed E-state index contributed by atoms with van der Waals surface area (Å²) in [6.45, 7) is 3.85. The standard InChI is InChI=1S/C25H29FN6O2S/c26-19-8-2-4-10-21(19)29-12-14-30(15-13-29)22(33)17-6-5-11-31(16-17)25-28-32-23(34)18-7-1-3-9-20(18)27-24(32)35-25/h2,4,8,10,17H,1,3,5-7,9,11-16H2/t17-/m0/s1. The molecule has 35 heavy (non-hydrogen) atoms. The lowest BCUT2D eigenvalue weighted by atomic mass is 9.96. The van der Waals surface area contributed by atoms with Crippen LogP contribution in [0.2, 0.25) is 0 Å². The highest BCUT2D eigenvalue weighted by Crippen LogP contribution is 2.29. The van der Waals surface area contributed by atoms with E-state index in [1.807, 2.05) is 15.9 Å². The Kier molecular flexibility index (Phi) is 5.91. The van der Waals surface area contributed by atoms with Crippen LogP contribution in [0.25, 0.3) is 4.96 Å². The van der Waals surface area contributed by atoms with E-state index in [1.165, 1.54) is 21.9 Å². The number of benzene rings is 1. The van der Waals surface area contributed by atoms with Crippen molar-refractivity contribution in [2.75, 3.05) is 49.1 Å². The van der Waals surface area contributed by atoms with Gasteiger partial charge in [0.15, 0.2) is 0 Å². The molecule has 1 aromatic carbocycles. The minimum Gasteiger partial charge on any atom is -0.366 e. The first kappa shape index (κ1) is 22.5. The lowest BCUT2D eigenvalue weighted by molar-refractivity contribution is -0.136. The van der Waals surface area contributed by atoms with Gasteiger partial charge in [-0.1, -0.05) is 23.5 Å². The molecule has 10 heteroatoms. The van der Waals surface area contributed by atoms with E-state index in [0.717, 1.165) is 61.5 Å². The zero-order valence-electron chi connectivity index (χ0n) is 19.7. The zero-order chi connectivity index (χ0) is 23.9. The van der Waals surface area contributed by atoms with E-state index in [4.69, 9.17) is 4.98 Å². The van der Waals surface area contributed by atoms with Crippen molar-refractivity contribution in [1.82, 2.24) is 19.5 Å². The molecule has 6 rings (SSSR count). The number of carbonyl (C=O) groups is 1. The molecule has 4 heterocycles. The summed E-state index contributed by atoms with van der Waals surface area (Å²) >= 11 is 1.44. The number of nitrogens with zero attached hydrogens (tertiary/aromatic N) is 6. The van der Waals surface area contributed by atoms with Gasteiger partial charge >= 0.3 is 0 Å². The van der Waals surface area contributed by atoms with Gasteiger partial charge in [-0.15, -0.1) is 5.10 Å². The molecule has 0 spiro atoms. The van der Waals surface area contributed by atoms with E-state index < -0.39 is 0 Å². The van der Waals surface area contributed by atoms with E-state index in [-0.39, 0.29) is 23.2 Å². The molecule has 3 aliphatic rings. The first-order valence-electron chi connectivity index (χ1n) is 12.5. The van der Waals surface area contributed by atoms with Crippen LogP contribution in [0.3, 0.4) is 0 Å². The molecule has 3 aromatic rings. The summed E-state index contributed by atoms with van der Waals surface area (Å²) in [6, 6.07) is 6.80. The Balaban J connectivity index is 1.14. The van der Waals surface area contributed by atoms with E-state index >= 15 is 0 Å². The van der Waals surface area contributed by atoms with E-state index in [1.54, 1.807) is 12.1 Å². The largest absolute Gasteiger partial charge is 0.366 e. The molecule has 2 saturated heterocycles. The zero-order valence-corrected chi connectivity index (χ0v) is 20.5. The highest BCUT2D eigenvalue weighted by molar-refractivity contribution is 7.20. The molecule has 0 N–H and O–H groups in total. The molecule has 1 atom stereocenters. The second kappa shape index (κ2) is 9.22. The fourth-order valence-corrected chi connectivity index (χ4v) is 6.52. The van der Waals surface area contributed by atoms with Gasteiger partial charge in [0.25, 0.3) is 5.56 Å². The molecule has 2 fully saturated rings. The molecule has 0 bridgehead atoms. The van der Waals surface area contributed by atoms with Gasteiger partial charge < -0.3 is 14.7 Å². The van der Waals surface area contributed by atoms with Gasteiger partial charge in [-0.3, -0.25) is 9.59 Å². The number of aryl methyl sites for hydroxylation is 1. The van der Waals surface area contributed by atoms with Gasteiger partial charge in [-0.05, 0) is 50.7 Å². The van der Waals surface area contributed by atoms with Crippen molar-refractivity contribution in [2.24, 2.45) is 5.92 Å². The molecule has 0 radical (unpaired) electrons. The number of hydrogen-bond acceptors (Lipinski definition) is 7. The van der Waals surface area contributed by atoms with Crippen LogP contribution in [0.4, 0.5) is 15.2 Å². The Hall–Kier alpha value is -3.01. The van der Waals surface area contributed by atoms with E-state index in [9.17, 15) is 14.0 Å². The lowest BCUT2D eigenvalue weighted by Gasteiger charge is -2.39. The summed E-state index contributed by atoms with van der Waals surface area (Å²) in [7, 11) is 0. The molecule has 8 nitrogen and oxygen atoms in total. The van der Waals surface area contributed by atoms with Gasteiger partial charge in [-0.2, -0.15) is 4.52 Å². The monoisotopic (exact) mass is 496 g/mol. The van der Waals surface area contributed by atoms with Crippen molar-refractivity contribution in [3.63, 3.8) is 0 Å². The maximum absolute atomic E-state index is 14.2. The minimum atomic E-state index is -0.222. The van der Waals surface area contributed by atoms with Crippen molar-refractivity contribution in [3.8, 4) is 0 Å². The smallest absolute Gasteiger partial charge is 0.278 e. The van der Waals surface area contributed by atoms with Crippen LogP contribution >= 0.6 is 11.3 Å². The summed E-state index contributed by atoms with van der Waals surface area (Å²) in [5.74, 6) is -0.163. The molecule has 1 amide bonds. The Morgan fingerprint density at radius 2 is 1.80 bits per heavy atom. The molecule has 184 valence electrons. The van der Waals surface area contributed by atoms with Crippen LogP contribution in [-0.2, 0) is 17.6 Å². The number of para-hydroxylation sites is 1. The molecule has 2 aliphatic heterocycles. The summed E-state index contributed by atoms with van der Waals surface area (Å²) in [4.78, 5) is 37.8. The van der Waals surface area contributed by atoms with Crippen molar-refractivity contribution in [3.05, 3.63) is 51.7 Å². The third-order valence-corrected chi connectivity index (χ3v) is 8.46. The maximum atomic E-state index is 14.2. The maximum Gasteiger partial charge on any atom is 0.278 e. The van der Waals surface area contributed by atoms with Gasteiger partial charge in [0.2, 0.25) is 16.0 Å². The number of hydrogen-bond donors (Lipinski definition) is 0. The number of amides is 1. The van der Waals surface area contributed by atoms with Crippen LogP contribution in [-0.4, -0.2) is 64.7 Å². The molecule has 0 unspecified atom stereocenters. The number of halogens is 1. The first-order valence-corrected chi connectivity index (χ1v) is 13.3. The highest BCUT2D eigenvalue weighted by Gasteiger charge is 2.33. The average molecular weight is 497 g/mol. The Morgan fingerprint density at radius 3 is 2.63 bits per heavy atom. The summed E-state index contributed by atoms with van der Waals surface area (Å²) in [6.07, 6.45) is 5.49. The number of fused-ring (bicyclic) bond motifs is 2. The van der Waals surface area contributed by atoms with Gasteiger partial charge in [0, 0.05) is 44.8 Å². The van der Waals surface area contributed by atoms with Gasteiger partial charge in [0.1, 0.15) is 5.82 Å². The Bertz CT molecular complexity index is 1320. The van der Waals surface area contributed by atoms with Crippen molar-refractivity contribution in [2.45, 2.75) is 38.5 Å². The fraction of sp³-hybridized carbons (Fsp3) is 0.520. The van der Waals surface area contributed by atoms with E-state index in [2.05, 4.69) is 10.00 Å². The second-order valence-electron chi connectivity index (χ2n) is 9.68. The predicted octanol–water partition coefficient (Wildman–Crippen LogP) is 2.73. The van der Waals surface area contributed by atoms with Crippen LogP contribution < -0.4 is 15.4 Å². The lowest BCUT2D eigenvalue weighted by Crippen LogP contribution is -2.52. The average Bonchev–Trinajstić information content (AvgIpc) is 3.34. The van der Waals surface area contributed by atoms with Crippen molar-refractivity contribution in [1.29, 1.82) is 0 Å². The summed E-state index contributed by atoms with van der Waals surface area (Å²) in [5.41, 5.74) is 2.30. The number of aromatic nitrogens is 3. The molecular formula is C25H29FN6O2S. The number of carbonyl (C=O) groups excluding carboxylic acids is 1. The van der Waals surface area contributed by atoms with Crippen LogP contribution in [0.1, 0.15) is 36.9 Å². The van der Waals surface area contributed by atoms with Crippen molar-refractivity contribution >= 4 is 33.0 Å². The minimum absolute atomic E-state index is 0.0374. The van der Waals surface area contributed by atoms with Gasteiger partial charge in [-0.25, -0.2) is 9.37 Å². The molecule has 0 saturated carbocycles. The topological polar surface area (TPSA) is 74.0 Å². The number of rotatable bonds is 3. The van der Waals surface area contributed by atoms with E-state index in [0.29, 0.717) is 43.4 Å². The first-order chi connectivity index (χ1) is 17.1. The summed E-state index contributed by atoms with van der Waals surface area (Å²) in [5, 5.41) is 5.38. The third-order valence-electron chi connectivity index (χ3n) is 7.49. The molecule has 2 aromatic heterocycles. The Labute approximate surface area is 207 Å². The van der Waals surface area contributed by atoms with Gasteiger partial charge in [0.05, 0.1) is 17.3 Å². The SMILES string of the molecule is O=C([C@H]1CCCN(c2nn3c(=O)c4c(nc3s2)CCCC4)C1)N1CCN(c2ccccc2F)CC1. The normalized spacial score (nSPS) is 20.8. The second-order valence-corrected chi connectivity index (χ2v) is 10.6.